The first-order valence-corrected chi connectivity index (χ1v) is 8.22. The molecule has 0 bridgehead atoms. The zero-order valence-electron chi connectivity index (χ0n) is 14.5. The number of carbonyl (C=O) groups excluding carboxylic acids is 1. The third-order valence-corrected chi connectivity index (χ3v) is 4.00. The van der Waals surface area contributed by atoms with Gasteiger partial charge in [0.2, 0.25) is 5.91 Å². The highest BCUT2D eigenvalue weighted by Gasteiger charge is 2.14. The maximum atomic E-state index is 12.3. The number of carboxylic acids is 1. The lowest BCUT2D eigenvalue weighted by molar-refractivity contribution is -0.137. The second-order valence-electron chi connectivity index (χ2n) is 6.03. The van der Waals surface area contributed by atoms with Gasteiger partial charge in [0.05, 0.1) is 7.11 Å². The third-order valence-electron chi connectivity index (χ3n) is 4.00. The van der Waals surface area contributed by atoms with Crippen LogP contribution in [0.4, 0.5) is 5.69 Å². The Kier molecular flexibility index (Phi) is 6.57. The van der Waals surface area contributed by atoms with Gasteiger partial charge in [0.25, 0.3) is 0 Å². The summed E-state index contributed by atoms with van der Waals surface area (Å²) in [6.07, 6.45) is 1.23. The highest BCUT2D eigenvalue weighted by atomic mass is 16.5. The molecule has 0 aromatic heterocycles. The number of amides is 1. The highest BCUT2D eigenvalue weighted by molar-refractivity contribution is 5.92. The Balaban J connectivity index is 1.88. The first-order valence-electron chi connectivity index (χ1n) is 8.22. The van der Waals surface area contributed by atoms with E-state index in [2.05, 4.69) is 5.32 Å². The van der Waals surface area contributed by atoms with Crippen LogP contribution in [0.5, 0.6) is 5.75 Å². The van der Waals surface area contributed by atoms with Crippen LogP contribution in [0.2, 0.25) is 0 Å². The number of hydrogen-bond acceptors (Lipinski definition) is 3. The number of aliphatic carboxylic acids is 1. The van der Waals surface area contributed by atoms with Crippen molar-refractivity contribution in [3.8, 4) is 5.75 Å². The summed E-state index contributed by atoms with van der Waals surface area (Å²) in [5, 5.41) is 11.6. The molecule has 2 N–H and O–H groups in total. The van der Waals surface area contributed by atoms with Crippen LogP contribution < -0.4 is 10.1 Å². The smallest absolute Gasteiger partial charge is 0.303 e. The fourth-order valence-corrected chi connectivity index (χ4v) is 2.48. The van der Waals surface area contributed by atoms with Crippen molar-refractivity contribution < 1.29 is 19.4 Å². The minimum absolute atomic E-state index is 0.0471. The van der Waals surface area contributed by atoms with Crippen LogP contribution in [0.15, 0.2) is 48.5 Å². The van der Waals surface area contributed by atoms with Gasteiger partial charge in [-0.1, -0.05) is 31.2 Å². The van der Waals surface area contributed by atoms with Crippen molar-refractivity contribution in [3.63, 3.8) is 0 Å². The van der Waals surface area contributed by atoms with Crippen LogP contribution in [-0.2, 0) is 22.4 Å². The Morgan fingerprint density at radius 1 is 1.04 bits per heavy atom. The molecule has 1 unspecified atom stereocenters. The average molecular weight is 341 g/mol. The van der Waals surface area contributed by atoms with Crippen molar-refractivity contribution in [2.24, 2.45) is 5.92 Å². The Labute approximate surface area is 147 Å². The Morgan fingerprint density at radius 2 is 1.64 bits per heavy atom. The van der Waals surface area contributed by atoms with Crippen molar-refractivity contribution in [2.45, 2.75) is 26.2 Å². The molecule has 2 aromatic rings. The summed E-state index contributed by atoms with van der Waals surface area (Å²) in [6, 6.07) is 15.0. The second kappa shape index (κ2) is 8.87. The van der Waals surface area contributed by atoms with Crippen LogP contribution in [-0.4, -0.2) is 24.1 Å². The lowest BCUT2D eigenvalue weighted by Crippen LogP contribution is -2.22. The first kappa shape index (κ1) is 18.5. The molecule has 5 nitrogen and oxygen atoms in total. The molecule has 1 amide bonds. The number of rotatable bonds is 8. The first-order chi connectivity index (χ1) is 12.0. The predicted octanol–water partition coefficient (Wildman–Crippen LogP) is 3.53. The number of aryl methyl sites for hydroxylation is 1. The van der Waals surface area contributed by atoms with Crippen molar-refractivity contribution in [1.82, 2.24) is 0 Å². The zero-order chi connectivity index (χ0) is 18.2. The minimum Gasteiger partial charge on any atom is -0.497 e. The second-order valence-corrected chi connectivity index (χ2v) is 6.03. The van der Waals surface area contributed by atoms with Crippen molar-refractivity contribution in [2.75, 3.05) is 12.4 Å². The lowest BCUT2D eigenvalue weighted by Gasteiger charge is -2.13. The summed E-state index contributed by atoms with van der Waals surface area (Å²) in [7, 11) is 1.62. The van der Waals surface area contributed by atoms with Crippen molar-refractivity contribution in [3.05, 3.63) is 59.7 Å². The number of anilines is 1. The topological polar surface area (TPSA) is 75.6 Å². The number of benzene rings is 2. The molecule has 0 heterocycles. The molecule has 0 saturated carbocycles. The maximum Gasteiger partial charge on any atom is 0.303 e. The van der Waals surface area contributed by atoms with Crippen LogP contribution in [0, 0.1) is 5.92 Å². The van der Waals surface area contributed by atoms with Gasteiger partial charge >= 0.3 is 5.97 Å². The molecule has 0 spiro atoms. The van der Waals surface area contributed by atoms with Gasteiger partial charge in [-0.2, -0.15) is 0 Å². The summed E-state index contributed by atoms with van der Waals surface area (Å²) < 4.78 is 5.13. The molecule has 0 aliphatic carbocycles. The molecule has 2 aromatic carbocycles. The van der Waals surface area contributed by atoms with Gasteiger partial charge in [0.1, 0.15) is 5.75 Å². The molecule has 0 radical (unpaired) electrons. The molecule has 2 rings (SSSR count). The monoisotopic (exact) mass is 341 g/mol. The molecule has 0 aliphatic heterocycles. The van der Waals surface area contributed by atoms with E-state index < -0.39 is 5.97 Å². The normalized spacial score (nSPS) is 11.6. The van der Waals surface area contributed by atoms with Crippen molar-refractivity contribution >= 4 is 17.6 Å². The molecule has 0 aliphatic rings. The van der Waals surface area contributed by atoms with E-state index in [-0.39, 0.29) is 18.2 Å². The number of methoxy groups -OCH3 is 1. The van der Waals surface area contributed by atoms with Gasteiger partial charge in [0.15, 0.2) is 0 Å². The van der Waals surface area contributed by atoms with Crippen LogP contribution in [0.25, 0.3) is 0 Å². The maximum absolute atomic E-state index is 12.3. The summed E-state index contributed by atoms with van der Waals surface area (Å²) >= 11 is 0. The highest BCUT2D eigenvalue weighted by Crippen LogP contribution is 2.17. The zero-order valence-corrected chi connectivity index (χ0v) is 14.5. The molecule has 25 heavy (non-hydrogen) atoms. The fraction of sp³-hybridized carbons (Fsp3) is 0.300. The number of carboxylic acid groups (broad SMARTS) is 1. The van der Waals surface area contributed by atoms with Gasteiger partial charge < -0.3 is 15.2 Å². The largest absolute Gasteiger partial charge is 0.497 e. The summed E-state index contributed by atoms with van der Waals surface area (Å²) in [5.74, 6) is -0.234. The molecule has 132 valence electrons. The Bertz CT molecular complexity index is 707. The standard InChI is InChI=1S/C20H23NO4/c1-14(13-16-5-10-18(25-2)11-6-16)20(24)21-17-8-3-15(4-9-17)7-12-19(22)23/h3-6,8-11,14H,7,12-13H2,1-2H3,(H,21,24)(H,22,23). The van der Waals surface area contributed by atoms with E-state index in [4.69, 9.17) is 9.84 Å². The third kappa shape index (κ3) is 5.95. The van der Waals surface area contributed by atoms with E-state index in [0.29, 0.717) is 18.5 Å². The van der Waals surface area contributed by atoms with E-state index in [1.54, 1.807) is 19.2 Å². The molecule has 0 saturated heterocycles. The number of ether oxygens (including phenoxy) is 1. The molecule has 5 heteroatoms. The number of carbonyl (C=O) groups is 2. The van der Waals surface area contributed by atoms with E-state index in [1.165, 1.54) is 0 Å². The molecular formula is C20H23NO4. The van der Waals surface area contributed by atoms with Crippen LogP contribution in [0.3, 0.4) is 0 Å². The van der Waals surface area contributed by atoms with Gasteiger partial charge in [-0.05, 0) is 48.2 Å². The van der Waals surface area contributed by atoms with E-state index in [9.17, 15) is 9.59 Å². The van der Waals surface area contributed by atoms with E-state index >= 15 is 0 Å². The summed E-state index contributed by atoms with van der Waals surface area (Å²) in [6.45, 7) is 1.89. The number of hydrogen-bond donors (Lipinski definition) is 2. The van der Waals surface area contributed by atoms with Gasteiger partial charge in [0, 0.05) is 18.0 Å². The van der Waals surface area contributed by atoms with Gasteiger partial charge in [-0.25, -0.2) is 0 Å². The summed E-state index contributed by atoms with van der Waals surface area (Å²) in [4.78, 5) is 22.9. The SMILES string of the molecule is COc1ccc(CC(C)C(=O)Nc2ccc(CCC(=O)O)cc2)cc1. The van der Waals surface area contributed by atoms with Crippen LogP contribution in [0.1, 0.15) is 24.5 Å². The number of nitrogens with one attached hydrogen (secondary N) is 1. The summed E-state index contributed by atoms with van der Waals surface area (Å²) in [5.41, 5.74) is 2.73. The lowest BCUT2D eigenvalue weighted by atomic mass is 10.00. The van der Waals surface area contributed by atoms with E-state index in [1.807, 2.05) is 43.3 Å². The molecule has 0 fully saturated rings. The fourth-order valence-electron chi connectivity index (χ4n) is 2.48. The molecule has 1 atom stereocenters. The Hall–Kier alpha value is -2.82. The quantitative estimate of drug-likeness (QED) is 0.770. The van der Waals surface area contributed by atoms with E-state index in [0.717, 1.165) is 16.9 Å². The average Bonchev–Trinajstić information content (AvgIpc) is 2.61. The van der Waals surface area contributed by atoms with Crippen molar-refractivity contribution in [1.29, 1.82) is 0 Å². The minimum atomic E-state index is -0.815. The van der Waals surface area contributed by atoms with Crippen LogP contribution >= 0.6 is 0 Å². The van der Waals surface area contributed by atoms with Gasteiger partial charge in [-0.15, -0.1) is 0 Å². The Morgan fingerprint density at radius 3 is 2.20 bits per heavy atom. The van der Waals surface area contributed by atoms with Gasteiger partial charge in [-0.3, -0.25) is 9.59 Å². The molecular weight excluding hydrogens is 318 g/mol. The predicted molar refractivity (Wildman–Crippen MR) is 96.9 cm³/mol.